The molecule has 5 heteroatoms. The lowest BCUT2D eigenvalue weighted by molar-refractivity contribution is 0.0899. The van der Waals surface area contributed by atoms with Crippen LogP contribution in [-0.4, -0.2) is 16.1 Å². The van der Waals surface area contributed by atoms with Crippen LogP contribution in [0.1, 0.15) is 52.7 Å². The lowest BCUT2D eigenvalue weighted by Gasteiger charge is -2.19. The number of carbonyl (C=O) groups excluding carboxylic acids is 1. The van der Waals surface area contributed by atoms with Gasteiger partial charge in [0.1, 0.15) is 0 Å². The minimum atomic E-state index is -0.336. The number of amides is 1. The van der Waals surface area contributed by atoms with Crippen LogP contribution >= 0.6 is 0 Å². The third kappa shape index (κ3) is 3.04. The molecule has 0 fully saturated rings. The summed E-state index contributed by atoms with van der Waals surface area (Å²) >= 11 is 0. The van der Waals surface area contributed by atoms with Crippen LogP contribution in [0.3, 0.4) is 0 Å². The molecule has 0 saturated heterocycles. The van der Waals surface area contributed by atoms with Gasteiger partial charge in [0.25, 0.3) is 0 Å². The summed E-state index contributed by atoms with van der Waals surface area (Å²) in [5, 5.41) is 10.3. The third-order valence-electron chi connectivity index (χ3n) is 3.23. The molecule has 20 heavy (non-hydrogen) atoms. The topological polar surface area (TPSA) is 68.0 Å². The van der Waals surface area contributed by atoms with Crippen LogP contribution in [0, 0.1) is 20.8 Å². The molecule has 1 aromatic heterocycles. The summed E-state index contributed by atoms with van der Waals surface area (Å²) < 4.78 is 5.14. The fourth-order valence-corrected chi connectivity index (χ4v) is 2.22. The van der Waals surface area contributed by atoms with Crippen molar-refractivity contribution in [1.82, 2.24) is 15.5 Å². The van der Waals surface area contributed by atoms with E-state index in [1.54, 1.807) is 6.92 Å². The number of nitrogens with zero attached hydrogens (tertiary/aromatic N) is 2. The van der Waals surface area contributed by atoms with Crippen LogP contribution in [0.2, 0.25) is 0 Å². The van der Waals surface area contributed by atoms with E-state index >= 15 is 0 Å². The van der Waals surface area contributed by atoms with Crippen molar-refractivity contribution in [3.8, 4) is 0 Å². The van der Waals surface area contributed by atoms with Crippen molar-refractivity contribution in [2.24, 2.45) is 0 Å². The molecule has 1 heterocycles. The predicted octanol–water partition coefficient (Wildman–Crippen LogP) is 2.88. The summed E-state index contributed by atoms with van der Waals surface area (Å²) in [6, 6.07) is 6.16. The molecule has 0 radical (unpaired) electrons. The fraction of sp³-hybridized carbons (Fsp3) is 0.400. The molecule has 5 nitrogen and oxygen atoms in total. The Kier molecular flexibility index (Phi) is 4.17. The maximum Gasteiger partial charge on any atom is 0.309 e. The highest BCUT2D eigenvalue weighted by atomic mass is 16.4. The molecular formula is C15H19N3O2. The van der Waals surface area contributed by atoms with Gasteiger partial charge in [-0.1, -0.05) is 30.7 Å². The van der Waals surface area contributed by atoms with Gasteiger partial charge in [0.2, 0.25) is 5.89 Å². The zero-order valence-electron chi connectivity index (χ0n) is 12.2. The van der Waals surface area contributed by atoms with Gasteiger partial charge < -0.3 is 9.73 Å². The van der Waals surface area contributed by atoms with E-state index in [9.17, 15) is 4.79 Å². The maximum absolute atomic E-state index is 12.1. The van der Waals surface area contributed by atoms with E-state index in [0.717, 1.165) is 12.0 Å². The standard InChI is InChI=1S/C15H19N3O2/c1-5-13(12-7-6-9(2)8-10(12)3)16-14(19)15-18-17-11(4)20-15/h6-8,13H,5H2,1-4H3,(H,16,19). The van der Waals surface area contributed by atoms with Crippen molar-refractivity contribution in [3.63, 3.8) is 0 Å². The number of aryl methyl sites for hydroxylation is 3. The van der Waals surface area contributed by atoms with E-state index in [1.807, 2.05) is 19.9 Å². The molecule has 0 spiro atoms. The molecule has 0 bridgehead atoms. The van der Waals surface area contributed by atoms with E-state index < -0.39 is 0 Å². The quantitative estimate of drug-likeness (QED) is 0.930. The first-order chi connectivity index (χ1) is 9.51. The van der Waals surface area contributed by atoms with Crippen LogP contribution in [0.15, 0.2) is 22.6 Å². The SMILES string of the molecule is CCC(NC(=O)c1nnc(C)o1)c1ccc(C)cc1C. The monoisotopic (exact) mass is 273 g/mol. The molecule has 1 N–H and O–H groups in total. The van der Waals surface area contributed by atoms with Crippen LogP contribution in [0.5, 0.6) is 0 Å². The second-order valence-electron chi connectivity index (χ2n) is 4.92. The molecule has 0 aliphatic rings. The van der Waals surface area contributed by atoms with E-state index in [0.29, 0.717) is 5.89 Å². The van der Waals surface area contributed by atoms with E-state index in [2.05, 4.69) is 34.6 Å². The summed E-state index contributed by atoms with van der Waals surface area (Å²) in [5.74, 6) is 0.0536. The highest BCUT2D eigenvalue weighted by molar-refractivity contribution is 5.89. The molecule has 0 aliphatic carbocycles. The second-order valence-corrected chi connectivity index (χ2v) is 4.92. The van der Waals surface area contributed by atoms with Crippen molar-refractivity contribution in [3.05, 3.63) is 46.7 Å². The summed E-state index contributed by atoms with van der Waals surface area (Å²) in [5.41, 5.74) is 3.49. The normalized spacial score (nSPS) is 12.2. The van der Waals surface area contributed by atoms with Gasteiger partial charge in [-0.3, -0.25) is 4.79 Å². The first kappa shape index (κ1) is 14.2. The Balaban J connectivity index is 2.18. The Hall–Kier alpha value is -2.17. The number of nitrogens with one attached hydrogen (secondary N) is 1. The fourth-order valence-electron chi connectivity index (χ4n) is 2.22. The Morgan fingerprint density at radius 2 is 2.05 bits per heavy atom. The van der Waals surface area contributed by atoms with Crippen LogP contribution in [0.25, 0.3) is 0 Å². The molecule has 2 aromatic rings. The average molecular weight is 273 g/mol. The molecule has 2 rings (SSSR count). The molecule has 1 unspecified atom stereocenters. The Morgan fingerprint density at radius 3 is 2.60 bits per heavy atom. The minimum Gasteiger partial charge on any atom is -0.417 e. The second kappa shape index (κ2) is 5.86. The van der Waals surface area contributed by atoms with Crippen molar-refractivity contribution >= 4 is 5.91 Å². The maximum atomic E-state index is 12.1. The lowest BCUT2D eigenvalue weighted by atomic mass is 9.97. The first-order valence-electron chi connectivity index (χ1n) is 6.69. The zero-order valence-corrected chi connectivity index (χ0v) is 12.2. The van der Waals surface area contributed by atoms with Gasteiger partial charge in [-0.25, -0.2) is 0 Å². The van der Waals surface area contributed by atoms with Crippen molar-refractivity contribution < 1.29 is 9.21 Å². The highest BCUT2D eigenvalue weighted by Crippen LogP contribution is 2.22. The molecule has 1 aromatic carbocycles. The minimum absolute atomic E-state index is 0.00529. The van der Waals surface area contributed by atoms with Gasteiger partial charge in [0.05, 0.1) is 6.04 Å². The molecule has 0 saturated carbocycles. The predicted molar refractivity (Wildman–Crippen MR) is 75.4 cm³/mol. The van der Waals surface area contributed by atoms with E-state index in [-0.39, 0.29) is 17.8 Å². The van der Waals surface area contributed by atoms with Gasteiger partial charge in [0.15, 0.2) is 0 Å². The van der Waals surface area contributed by atoms with Gasteiger partial charge >= 0.3 is 11.8 Å². The Morgan fingerprint density at radius 1 is 1.30 bits per heavy atom. The smallest absolute Gasteiger partial charge is 0.309 e. The van der Waals surface area contributed by atoms with Gasteiger partial charge in [0, 0.05) is 6.92 Å². The van der Waals surface area contributed by atoms with Gasteiger partial charge in [-0.2, -0.15) is 0 Å². The molecule has 0 aliphatic heterocycles. The number of aromatic nitrogens is 2. The summed E-state index contributed by atoms with van der Waals surface area (Å²) in [7, 11) is 0. The largest absolute Gasteiger partial charge is 0.417 e. The average Bonchev–Trinajstić information content (AvgIpc) is 2.83. The van der Waals surface area contributed by atoms with Crippen LogP contribution < -0.4 is 5.32 Å². The van der Waals surface area contributed by atoms with Gasteiger partial charge in [-0.15, -0.1) is 10.2 Å². The third-order valence-corrected chi connectivity index (χ3v) is 3.23. The Labute approximate surface area is 118 Å². The lowest BCUT2D eigenvalue weighted by Crippen LogP contribution is -2.29. The summed E-state index contributed by atoms with van der Waals surface area (Å²) in [6.07, 6.45) is 0.794. The number of carbonyl (C=O) groups is 1. The summed E-state index contributed by atoms with van der Waals surface area (Å²) in [4.78, 5) is 12.1. The molecule has 1 amide bonds. The van der Waals surface area contributed by atoms with Crippen LogP contribution in [0.4, 0.5) is 0 Å². The van der Waals surface area contributed by atoms with Crippen molar-refractivity contribution in [2.75, 3.05) is 0 Å². The van der Waals surface area contributed by atoms with E-state index in [1.165, 1.54) is 11.1 Å². The summed E-state index contributed by atoms with van der Waals surface area (Å²) in [6.45, 7) is 7.79. The van der Waals surface area contributed by atoms with Crippen molar-refractivity contribution in [2.45, 2.75) is 40.2 Å². The van der Waals surface area contributed by atoms with E-state index in [4.69, 9.17) is 4.42 Å². The molecule has 1 atom stereocenters. The number of hydrogen-bond acceptors (Lipinski definition) is 4. The molecular weight excluding hydrogens is 254 g/mol. The highest BCUT2D eigenvalue weighted by Gasteiger charge is 2.19. The van der Waals surface area contributed by atoms with Crippen LogP contribution in [-0.2, 0) is 0 Å². The van der Waals surface area contributed by atoms with Crippen molar-refractivity contribution in [1.29, 1.82) is 0 Å². The van der Waals surface area contributed by atoms with Gasteiger partial charge in [-0.05, 0) is 31.4 Å². The Bertz CT molecular complexity index is 619. The first-order valence-corrected chi connectivity index (χ1v) is 6.69. The zero-order chi connectivity index (χ0) is 14.7. The molecule has 106 valence electrons. The number of hydrogen-bond donors (Lipinski definition) is 1. The number of rotatable bonds is 4. The number of benzene rings is 1.